The highest BCUT2D eigenvalue weighted by Crippen LogP contribution is 2.68. The second-order valence-corrected chi connectivity index (χ2v) is 8.51. The first-order valence-corrected chi connectivity index (χ1v) is 10.0. The molecule has 4 heterocycles. The van der Waals surface area contributed by atoms with E-state index in [1.54, 1.807) is 7.05 Å². The summed E-state index contributed by atoms with van der Waals surface area (Å²) < 4.78 is 6.60. The average molecular weight is 382 g/mol. The van der Waals surface area contributed by atoms with Crippen molar-refractivity contribution in [2.75, 3.05) is 26.7 Å². The predicted octanol–water partition coefficient (Wildman–Crippen LogP) is 1.32. The SMILES string of the molecule is CNC(=O)C12CC(CNC(=O)c3ccc4[nH]ccc4c3)(C1)OC21CCNCC1. The molecule has 28 heavy (non-hydrogen) atoms. The van der Waals surface area contributed by atoms with Gasteiger partial charge in [-0.2, -0.15) is 0 Å². The second kappa shape index (κ2) is 6.06. The van der Waals surface area contributed by atoms with E-state index < -0.39 is 16.6 Å². The van der Waals surface area contributed by atoms with E-state index in [9.17, 15) is 9.59 Å². The van der Waals surface area contributed by atoms with Gasteiger partial charge in [-0.1, -0.05) is 0 Å². The maximum absolute atomic E-state index is 12.7. The maximum Gasteiger partial charge on any atom is 0.251 e. The van der Waals surface area contributed by atoms with Gasteiger partial charge >= 0.3 is 0 Å². The highest BCUT2D eigenvalue weighted by atomic mass is 16.5. The van der Waals surface area contributed by atoms with Gasteiger partial charge in [-0.25, -0.2) is 0 Å². The van der Waals surface area contributed by atoms with Crippen LogP contribution >= 0.6 is 0 Å². The molecule has 2 aromatic rings. The van der Waals surface area contributed by atoms with Crippen molar-refractivity contribution in [1.82, 2.24) is 20.9 Å². The van der Waals surface area contributed by atoms with Crippen molar-refractivity contribution in [2.24, 2.45) is 5.41 Å². The lowest BCUT2D eigenvalue weighted by atomic mass is 9.53. The molecule has 1 aromatic heterocycles. The summed E-state index contributed by atoms with van der Waals surface area (Å²) >= 11 is 0. The van der Waals surface area contributed by atoms with Gasteiger partial charge in [-0.3, -0.25) is 9.59 Å². The standard InChI is InChI=1S/C21H26N4O3/c1-22-18(27)20-11-19(12-20,28-21(20)5-8-23-9-6-21)13-25-17(26)15-2-3-16-14(10-15)4-7-24-16/h2-4,7,10,23-24H,5-6,8-9,11-13H2,1H3,(H,22,27)(H,25,26). The Labute approximate surface area is 163 Å². The monoisotopic (exact) mass is 382 g/mol. The smallest absolute Gasteiger partial charge is 0.251 e. The molecule has 0 radical (unpaired) electrons. The molecule has 0 unspecified atom stereocenters. The van der Waals surface area contributed by atoms with Gasteiger partial charge in [-0.15, -0.1) is 0 Å². The number of hydrogen-bond donors (Lipinski definition) is 4. The molecule has 1 aliphatic carbocycles. The van der Waals surface area contributed by atoms with Crippen LogP contribution in [0.4, 0.5) is 0 Å². The van der Waals surface area contributed by atoms with E-state index in [-0.39, 0.29) is 11.8 Å². The summed E-state index contributed by atoms with van der Waals surface area (Å²) in [5.74, 6) is -0.0310. The molecule has 2 bridgehead atoms. The third-order valence-corrected chi connectivity index (χ3v) is 6.99. The van der Waals surface area contributed by atoms with Crippen LogP contribution in [0.1, 0.15) is 36.0 Å². The minimum Gasteiger partial charge on any atom is -0.365 e. The van der Waals surface area contributed by atoms with Gasteiger partial charge in [0.1, 0.15) is 0 Å². The molecule has 4 aliphatic rings. The van der Waals surface area contributed by atoms with E-state index in [0.29, 0.717) is 24.9 Å². The first-order valence-electron chi connectivity index (χ1n) is 10.0. The summed E-state index contributed by atoms with van der Waals surface area (Å²) in [6.07, 6.45) is 4.89. The van der Waals surface area contributed by atoms with E-state index in [1.807, 2.05) is 30.5 Å². The lowest BCUT2D eigenvalue weighted by Gasteiger charge is -2.47. The zero-order valence-electron chi connectivity index (χ0n) is 16.1. The molecule has 1 saturated carbocycles. The number of piperidine rings is 1. The molecular weight excluding hydrogens is 356 g/mol. The van der Waals surface area contributed by atoms with Crippen molar-refractivity contribution < 1.29 is 14.3 Å². The van der Waals surface area contributed by atoms with E-state index in [0.717, 1.165) is 36.8 Å². The summed E-state index contributed by atoms with van der Waals surface area (Å²) in [7, 11) is 1.70. The van der Waals surface area contributed by atoms with Gasteiger partial charge in [0, 0.05) is 36.3 Å². The molecule has 1 spiro atoms. The number of aromatic nitrogens is 1. The predicted molar refractivity (Wildman–Crippen MR) is 105 cm³/mol. The Morgan fingerprint density at radius 3 is 2.71 bits per heavy atom. The number of amides is 2. The van der Waals surface area contributed by atoms with Crippen LogP contribution in [0.2, 0.25) is 0 Å². The molecule has 3 aliphatic heterocycles. The largest absolute Gasteiger partial charge is 0.365 e. The van der Waals surface area contributed by atoms with Gasteiger partial charge in [0.15, 0.2) is 0 Å². The summed E-state index contributed by atoms with van der Waals surface area (Å²) in [6.45, 7) is 2.15. The molecule has 6 rings (SSSR count). The summed E-state index contributed by atoms with van der Waals surface area (Å²) in [6, 6.07) is 7.58. The summed E-state index contributed by atoms with van der Waals surface area (Å²) in [5, 5.41) is 10.3. The van der Waals surface area contributed by atoms with Crippen LogP contribution in [-0.4, -0.2) is 54.7 Å². The molecule has 7 heteroatoms. The van der Waals surface area contributed by atoms with Gasteiger partial charge < -0.3 is 25.7 Å². The van der Waals surface area contributed by atoms with Gasteiger partial charge in [0.05, 0.1) is 16.6 Å². The Morgan fingerprint density at radius 2 is 1.96 bits per heavy atom. The van der Waals surface area contributed by atoms with Gasteiger partial charge in [0.25, 0.3) is 5.91 Å². The third-order valence-electron chi connectivity index (χ3n) is 6.99. The maximum atomic E-state index is 12.7. The van der Waals surface area contributed by atoms with Crippen molar-refractivity contribution in [1.29, 1.82) is 0 Å². The third kappa shape index (κ3) is 2.36. The summed E-state index contributed by atoms with van der Waals surface area (Å²) in [4.78, 5) is 28.6. The Hall–Kier alpha value is -2.38. The van der Waals surface area contributed by atoms with Crippen molar-refractivity contribution in [3.8, 4) is 0 Å². The molecule has 148 valence electrons. The van der Waals surface area contributed by atoms with Crippen LogP contribution in [0.15, 0.2) is 30.5 Å². The Bertz CT molecular complexity index is 938. The molecule has 7 nitrogen and oxygen atoms in total. The number of aromatic amines is 1. The molecule has 1 aromatic carbocycles. The Kier molecular flexibility index (Phi) is 3.83. The van der Waals surface area contributed by atoms with E-state index in [1.165, 1.54) is 0 Å². The number of fused-ring (bicyclic) bond motifs is 1. The lowest BCUT2D eigenvalue weighted by molar-refractivity contribution is -0.140. The number of rotatable bonds is 4. The van der Waals surface area contributed by atoms with Crippen LogP contribution in [-0.2, 0) is 9.53 Å². The average Bonchev–Trinajstić information content (AvgIpc) is 3.33. The first kappa shape index (κ1) is 17.7. The van der Waals surface area contributed by atoms with Crippen molar-refractivity contribution in [3.05, 3.63) is 36.0 Å². The van der Waals surface area contributed by atoms with Crippen LogP contribution in [0.25, 0.3) is 10.9 Å². The number of H-pyrrole nitrogens is 1. The highest BCUT2D eigenvalue weighted by Gasteiger charge is 2.77. The molecule has 3 saturated heterocycles. The number of hydrogen-bond acceptors (Lipinski definition) is 4. The van der Waals surface area contributed by atoms with E-state index in [2.05, 4.69) is 20.9 Å². The van der Waals surface area contributed by atoms with Crippen molar-refractivity contribution in [3.63, 3.8) is 0 Å². The molecule has 0 atom stereocenters. The number of nitrogens with one attached hydrogen (secondary N) is 4. The Balaban J connectivity index is 1.32. The van der Waals surface area contributed by atoms with Crippen LogP contribution in [0, 0.1) is 5.41 Å². The fourth-order valence-corrected chi connectivity index (χ4v) is 5.67. The molecular formula is C21H26N4O3. The van der Waals surface area contributed by atoms with Crippen LogP contribution in [0.3, 0.4) is 0 Å². The van der Waals surface area contributed by atoms with Gasteiger partial charge in [-0.05, 0) is 63.0 Å². The second-order valence-electron chi connectivity index (χ2n) is 8.51. The normalized spacial score (nSPS) is 30.2. The fraction of sp³-hybridized carbons (Fsp3) is 0.524. The zero-order valence-corrected chi connectivity index (χ0v) is 16.1. The summed E-state index contributed by atoms with van der Waals surface area (Å²) in [5.41, 5.74) is 0.343. The first-order chi connectivity index (χ1) is 13.5. The van der Waals surface area contributed by atoms with E-state index in [4.69, 9.17) is 4.74 Å². The highest BCUT2D eigenvalue weighted by molar-refractivity contribution is 5.98. The zero-order chi connectivity index (χ0) is 19.4. The van der Waals surface area contributed by atoms with Crippen LogP contribution in [0.5, 0.6) is 0 Å². The fourth-order valence-electron chi connectivity index (χ4n) is 5.67. The van der Waals surface area contributed by atoms with Crippen LogP contribution < -0.4 is 16.0 Å². The minimum absolute atomic E-state index is 0.0757. The van der Waals surface area contributed by atoms with E-state index >= 15 is 0 Å². The number of carbonyl (C=O) groups is 2. The molecule has 2 amide bonds. The van der Waals surface area contributed by atoms with Gasteiger partial charge in [0.2, 0.25) is 5.91 Å². The Morgan fingerprint density at radius 1 is 1.18 bits per heavy atom. The minimum atomic E-state index is -0.460. The number of ether oxygens (including phenoxy) is 1. The van der Waals surface area contributed by atoms with Crippen molar-refractivity contribution in [2.45, 2.75) is 36.9 Å². The molecule has 4 fully saturated rings. The quantitative estimate of drug-likeness (QED) is 0.641. The lowest BCUT2D eigenvalue weighted by Crippen LogP contribution is -2.61. The van der Waals surface area contributed by atoms with Crippen molar-refractivity contribution >= 4 is 22.7 Å². The topological polar surface area (TPSA) is 95.3 Å². The number of benzene rings is 1. The number of carbonyl (C=O) groups excluding carboxylic acids is 2. The molecule has 4 N–H and O–H groups in total.